The summed E-state index contributed by atoms with van der Waals surface area (Å²) >= 11 is 6.27. The number of nitrogens with zero attached hydrogens (tertiary/aromatic N) is 2. The molecule has 0 spiro atoms. The highest BCUT2D eigenvalue weighted by atomic mass is 32.1. The van der Waals surface area contributed by atoms with Gasteiger partial charge in [0, 0.05) is 32.7 Å². The van der Waals surface area contributed by atoms with E-state index in [0.717, 1.165) is 61.7 Å². The Labute approximate surface area is 251 Å². The summed E-state index contributed by atoms with van der Waals surface area (Å²) in [6.45, 7) is 0. The molecular formula is C32H14F4N2S4. The van der Waals surface area contributed by atoms with Crippen molar-refractivity contribution in [2.45, 2.75) is 0 Å². The maximum atomic E-state index is 14.3. The molecule has 4 aromatic heterocycles. The first kappa shape index (κ1) is 25.7. The molecule has 0 saturated carbocycles. The number of fused-ring (bicyclic) bond motifs is 3. The number of rotatable bonds is 4. The lowest BCUT2D eigenvalue weighted by atomic mass is 10.0. The first-order valence-corrected chi connectivity index (χ1v) is 15.9. The van der Waals surface area contributed by atoms with Crippen LogP contribution < -0.4 is 0 Å². The molecule has 0 amide bonds. The van der Waals surface area contributed by atoms with Gasteiger partial charge >= 0.3 is 0 Å². The van der Waals surface area contributed by atoms with E-state index in [1.165, 1.54) is 46.9 Å². The molecule has 0 aliphatic heterocycles. The maximum Gasteiger partial charge on any atom is 0.155 e. The van der Waals surface area contributed by atoms with Crippen LogP contribution in [0, 0.1) is 23.3 Å². The van der Waals surface area contributed by atoms with Gasteiger partial charge in [0.05, 0.1) is 9.75 Å². The third kappa shape index (κ3) is 4.42. The zero-order valence-electron chi connectivity index (χ0n) is 21.1. The molecule has 0 fully saturated rings. The van der Waals surface area contributed by atoms with Crippen molar-refractivity contribution in [2.24, 2.45) is 0 Å². The fraction of sp³-hybridized carbons (Fsp3) is 0. The molecule has 0 unspecified atom stereocenters. The summed E-state index contributed by atoms with van der Waals surface area (Å²) < 4.78 is 57.5. The Kier molecular flexibility index (Phi) is 6.01. The van der Waals surface area contributed by atoms with E-state index in [1.54, 1.807) is 22.7 Å². The molecule has 0 bridgehead atoms. The molecule has 2 nitrogen and oxygen atoms in total. The minimum Gasteiger partial charge on any atom is -0.222 e. The number of thiazole rings is 2. The van der Waals surface area contributed by atoms with Crippen LogP contribution in [0.25, 0.3) is 71.9 Å². The molecule has 8 rings (SSSR count). The van der Waals surface area contributed by atoms with E-state index in [-0.39, 0.29) is 0 Å². The fourth-order valence-electron chi connectivity index (χ4n) is 4.93. The second-order valence-corrected chi connectivity index (χ2v) is 13.7. The van der Waals surface area contributed by atoms with Crippen LogP contribution in [0.15, 0.2) is 84.9 Å². The van der Waals surface area contributed by atoms with Crippen LogP contribution in [-0.2, 0) is 0 Å². The number of hydrogen-bond acceptors (Lipinski definition) is 6. The van der Waals surface area contributed by atoms with E-state index in [2.05, 4.69) is 0 Å². The molecule has 204 valence electrons. The van der Waals surface area contributed by atoms with Gasteiger partial charge in [-0.25, -0.2) is 27.5 Å². The largest absolute Gasteiger partial charge is 0.222 e. The molecule has 8 aromatic rings. The van der Waals surface area contributed by atoms with Gasteiger partial charge in [-0.05, 0) is 82.6 Å². The van der Waals surface area contributed by atoms with Crippen molar-refractivity contribution in [3.63, 3.8) is 0 Å². The van der Waals surface area contributed by atoms with Crippen molar-refractivity contribution in [2.75, 3.05) is 0 Å². The molecule has 0 aliphatic rings. The molecule has 0 saturated heterocycles. The summed E-state index contributed by atoms with van der Waals surface area (Å²) in [7, 11) is 0. The van der Waals surface area contributed by atoms with Gasteiger partial charge < -0.3 is 0 Å². The average Bonchev–Trinajstić information content (AvgIpc) is 3.73. The Morgan fingerprint density at radius 2 is 0.905 bits per heavy atom. The zero-order valence-corrected chi connectivity index (χ0v) is 24.4. The number of aromatic nitrogens is 2. The highest BCUT2D eigenvalue weighted by molar-refractivity contribution is 7.33. The van der Waals surface area contributed by atoms with Crippen LogP contribution in [0.5, 0.6) is 0 Å². The molecule has 42 heavy (non-hydrogen) atoms. The quantitative estimate of drug-likeness (QED) is 0.181. The molecule has 10 heteroatoms. The monoisotopic (exact) mass is 630 g/mol. The Morgan fingerprint density at radius 3 is 1.33 bits per heavy atom. The molecule has 0 atom stereocenters. The van der Waals surface area contributed by atoms with Crippen molar-refractivity contribution < 1.29 is 17.6 Å². The van der Waals surface area contributed by atoms with Gasteiger partial charge in [0.1, 0.15) is 33.3 Å². The zero-order chi connectivity index (χ0) is 28.5. The third-order valence-corrected chi connectivity index (χ3v) is 11.5. The summed E-state index contributed by atoms with van der Waals surface area (Å²) in [4.78, 5) is 13.4. The van der Waals surface area contributed by atoms with E-state index in [1.807, 2.05) is 48.5 Å². The Hall–Kier alpha value is -3.96. The standard InChI is InChI=1S/C32H14F4N2S4/c33-19-3-5-21(23(35)13-19)15-1-7-25-17(9-15)11-27(39-25)29-37-31-32(41-29)38-30(42-31)28-12-18-10-16(2-8-26(18)40-28)22-6-4-20(34)14-24(22)36/h1-14H. The van der Waals surface area contributed by atoms with Gasteiger partial charge in [0.2, 0.25) is 0 Å². The van der Waals surface area contributed by atoms with E-state index in [4.69, 9.17) is 9.97 Å². The van der Waals surface area contributed by atoms with Gasteiger partial charge in [-0.2, -0.15) is 0 Å². The summed E-state index contributed by atoms with van der Waals surface area (Å²) in [5, 5.41) is 3.67. The van der Waals surface area contributed by atoms with Gasteiger partial charge in [0.15, 0.2) is 9.66 Å². The highest BCUT2D eigenvalue weighted by Gasteiger charge is 2.17. The lowest BCUT2D eigenvalue weighted by molar-refractivity contribution is 0.585. The fourth-order valence-corrected chi connectivity index (χ4v) is 9.15. The first-order valence-electron chi connectivity index (χ1n) is 12.6. The van der Waals surface area contributed by atoms with Crippen LogP contribution in [0.1, 0.15) is 0 Å². The number of thiophene rings is 2. The smallest absolute Gasteiger partial charge is 0.155 e. The SMILES string of the molecule is Fc1ccc(-c2ccc3sc(-c4nc5sc(-c6cc7cc(-c8ccc(F)cc8F)ccc7s6)nc5s4)cc3c2)c(F)c1. The lowest BCUT2D eigenvalue weighted by Gasteiger charge is -2.03. The van der Waals surface area contributed by atoms with Crippen molar-refractivity contribution in [3.8, 4) is 42.0 Å². The van der Waals surface area contributed by atoms with Crippen LogP contribution in [0.3, 0.4) is 0 Å². The van der Waals surface area contributed by atoms with E-state index < -0.39 is 23.3 Å². The Bertz CT molecular complexity index is 2140. The maximum absolute atomic E-state index is 14.3. The number of halogens is 4. The summed E-state index contributed by atoms with van der Waals surface area (Å²) in [5.74, 6) is -2.38. The van der Waals surface area contributed by atoms with Gasteiger partial charge in [-0.15, -0.1) is 22.7 Å². The predicted molar refractivity (Wildman–Crippen MR) is 168 cm³/mol. The van der Waals surface area contributed by atoms with Gasteiger partial charge in [-0.3, -0.25) is 0 Å². The van der Waals surface area contributed by atoms with Crippen molar-refractivity contribution in [3.05, 3.63) is 108 Å². The average molecular weight is 631 g/mol. The van der Waals surface area contributed by atoms with Crippen LogP contribution >= 0.6 is 45.3 Å². The first-order chi connectivity index (χ1) is 20.4. The summed E-state index contributed by atoms with van der Waals surface area (Å²) in [6.07, 6.45) is 0. The minimum atomic E-state index is -0.601. The summed E-state index contributed by atoms with van der Waals surface area (Å²) in [6, 6.07) is 22.7. The van der Waals surface area contributed by atoms with Crippen molar-refractivity contribution in [1.82, 2.24) is 9.97 Å². The molecule has 0 aliphatic carbocycles. The number of hydrogen-bond donors (Lipinski definition) is 0. The van der Waals surface area contributed by atoms with E-state index in [9.17, 15) is 17.6 Å². The Balaban J connectivity index is 1.10. The molecule has 4 aromatic carbocycles. The molecule has 0 N–H and O–H groups in total. The van der Waals surface area contributed by atoms with Crippen LogP contribution in [0.4, 0.5) is 17.6 Å². The van der Waals surface area contributed by atoms with Crippen LogP contribution in [-0.4, -0.2) is 9.97 Å². The summed E-state index contributed by atoms with van der Waals surface area (Å²) in [5.41, 5.74) is 2.10. The predicted octanol–water partition coefficient (Wildman–Crippen LogP) is 11.4. The topological polar surface area (TPSA) is 25.8 Å². The van der Waals surface area contributed by atoms with E-state index in [0.29, 0.717) is 22.3 Å². The normalized spacial score (nSPS) is 11.8. The number of benzene rings is 4. The third-order valence-electron chi connectivity index (χ3n) is 6.91. The van der Waals surface area contributed by atoms with E-state index >= 15 is 0 Å². The van der Waals surface area contributed by atoms with Crippen molar-refractivity contribution >= 4 is 75.2 Å². The van der Waals surface area contributed by atoms with Crippen LogP contribution in [0.2, 0.25) is 0 Å². The van der Waals surface area contributed by atoms with Crippen molar-refractivity contribution in [1.29, 1.82) is 0 Å². The van der Waals surface area contributed by atoms with Gasteiger partial charge in [-0.1, -0.05) is 34.8 Å². The lowest BCUT2D eigenvalue weighted by Crippen LogP contribution is -1.85. The second kappa shape index (κ2) is 9.81. The van der Waals surface area contributed by atoms with Gasteiger partial charge in [0.25, 0.3) is 0 Å². The Morgan fingerprint density at radius 1 is 0.452 bits per heavy atom. The molecule has 0 radical (unpaired) electrons. The second-order valence-electron chi connectivity index (χ2n) is 9.62. The molecular weight excluding hydrogens is 617 g/mol. The minimum absolute atomic E-state index is 0.359. The molecule has 4 heterocycles. The highest BCUT2D eigenvalue weighted by Crippen LogP contribution is 2.43.